The van der Waals surface area contributed by atoms with Crippen molar-refractivity contribution in [3.8, 4) is 11.6 Å². The first kappa shape index (κ1) is 25.2. The fourth-order valence-corrected chi connectivity index (χ4v) is 5.02. The van der Waals surface area contributed by atoms with Crippen molar-refractivity contribution in [1.82, 2.24) is 20.2 Å². The molecule has 1 aliphatic heterocycles. The summed E-state index contributed by atoms with van der Waals surface area (Å²) < 4.78 is 11.7. The van der Waals surface area contributed by atoms with Gasteiger partial charge in [-0.15, -0.1) is 0 Å². The number of aromatic nitrogens is 2. The highest BCUT2D eigenvalue weighted by molar-refractivity contribution is 6.04. The van der Waals surface area contributed by atoms with Crippen LogP contribution in [0.4, 0.5) is 16.4 Å². The largest absolute Gasteiger partial charge is 0.438 e. The Hall–Kier alpha value is -3.43. The lowest BCUT2D eigenvalue weighted by Crippen LogP contribution is -2.33. The van der Waals surface area contributed by atoms with Crippen molar-refractivity contribution < 1.29 is 14.3 Å². The van der Waals surface area contributed by atoms with E-state index in [4.69, 9.17) is 9.47 Å². The summed E-state index contributed by atoms with van der Waals surface area (Å²) in [7, 11) is 4.05. The number of likely N-dealkylation sites (N-methyl/N-ethyl adjacent to an activating group) is 1. The summed E-state index contributed by atoms with van der Waals surface area (Å²) in [5, 5.41) is 11.3. The number of carbonyl (C=O) groups is 1. The van der Waals surface area contributed by atoms with Crippen LogP contribution in [0.3, 0.4) is 0 Å². The van der Waals surface area contributed by atoms with E-state index in [0.29, 0.717) is 29.4 Å². The van der Waals surface area contributed by atoms with Gasteiger partial charge in [0.2, 0.25) is 11.8 Å². The van der Waals surface area contributed by atoms with E-state index in [1.54, 1.807) is 0 Å². The van der Waals surface area contributed by atoms with E-state index in [1.807, 2.05) is 63.5 Å². The number of ether oxygens (including phenoxy) is 2. The molecular weight excluding hydrogens is 468 g/mol. The third-order valence-corrected chi connectivity index (χ3v) is 7.05. The van der Waals surface area contributed by atoms with E-state index >= 15 is 0 Å². The number of urea groups is 1. The molecule has 2 aromatic carbocycles. The van der Waals surface area contributed by atoms with Gasteiger partial charge in [0.05, 0.1) is 5.69 Å². The van der Waals surface area contributed by atoms with Gasteiger partial charge in [-0.05, 0) is 64.3 Å². The number of rotatable bonds is 9. The molecule has 0 spiro atoms. The van der Waals surface area contributed by atoms with Gasteiger partial charge in [-0.25, -0.2) is 9.78 Å². The minimum atomic E-state index is -0.168. The second-order valence-electron chi connectivity index (χ2n) is 10.2. The minimum Gasteiger partial charge on any atom is -0.438 e. The maximum absolute atomic E-state index is 12.8. The number of nitrogens with one attached hydrogen (secondary N) is 3. The van der Waals surface area contributed by atoms with Crippen LogP contribution in [0.25, 0.3) is 10.8 Å². The number of nitrogens with zero attached hydrogens (tertiary/aromatic N) is 3. The molecule has 5 rings (SSSR count). The first-order valence-corrected chi connectivity index (χ1v) is 13.1. The van der Waals surface area contributed by atoms with Gasteiger partial charge < -0.3 is 30.3 Å². The molecule has 0 radical (unpaired) electrons. The lowest BCUT2D eigenvalue weighted by Gasteiger charge is -2.22. The van der Waals surface area contributed by atoms with E-state index < -0.39 is 0 Å². The molecule has 0 bridgehead atoms. The van der Waals surface area contributed by atoms with Gasteiger partial charge in [0.25, 0.3) is 0 Å². The molecule has 37 heavy (non-hydrogen) atoms. The zero-order valence-electron chi connectivity index (χ0n) is 21.8. The maximum Gasteiger partial charge on any atom is 0.319 e. The fraction of sp³-hybridized carbons (Fsp3) is 0.464. The second kappa shape index (κ2) is 11.3. The first-order chi connectivity index (χ1) is 18.0. The second-order valence-corrected chi connectivity index (χ2v) is 10.2. The summed E-state index contributed by atoms with van der Waals surface area (Å²) in [6.45, 7) is 5.20. The Labute approximate surface area is 218 Å². The summed E-state index contributed by atoms with van der Waals surface area (Å²) >= 11 is 0. The van der Waals surface area contributed by atoms with Crippen LogP contribution in [0.5, 0.6) is 11.6 Å². The van der Waals surface area contributed by atoms with Crippen LogP contribution < -0.4 is 20.7 Å². The van der Waals surface area contributed by atoms with Crippen molar-refractivity contribution in [3.05, 3.63) is 48.2 Å². The zero-order chi connectivity index (χ0) is 25.8. The number of fused-ring (bicyclic) bond motifs is 1. The van der Waals surface area contributed by atoms with Gasteiger partial charge in [-0.2, -0.15) is 4.98 Å². The lowest BCUT2D eigenvalue weighted by molar-refractivity contribution is 0.0590. The number of amides is 2. The van der Waals surface area contributed by atoms with E-state index in [9.17, 15) is 4.79 Å². The van der Waals surface area contributed by atoms with E-state index in [0.717, 1.165) is 67.7 Å². The third-order valence-electron chi connectivity index (χ3n) is 7.05. The molecule has 2 heterocycles. The number of anilines is 2. The van der Waals surface area contributed by atoms with Crippen LogP contribution in [-0.4, -0.2) is 67.3 Å². The van der Waals surface area contributed by atoms with Gasteiger partial charge in [0.1, 0.15) is 5.75 Å². The van der Waals surface area contributed by atoms with Crippen molar-refractivity contribution in [3.63, 3.8) is 0 Å². The van der Waals surface area contributed by atoms with Crippen molar-refractivity contribution >= 4 is 28.4 Å². The maximum atomic E-state index is 12.8. The lowest BCUT2D eigenvalue weighted by atomic mass is 9.94. The number of hydrogen-bond acceptors (Lipinski definition) is 7. The van der Waals surface area contributed by atoms with Crippen LogP contribution in [0.2, 0.25) is 0 Å². The van der Waals surface area contributed by atoms with Crippen molar-refractivity contribution in [2.45, 2.75) is 32.2 Å². The van der Waals surface area contributed by atoms with Gasteiger partial charge >= 0.3 is 6.03 Å². The summed E-state index contributed by atoms with van der Waals surface area (Å²) in [6.07, 6.45) is 3.24. The van der Waals surface area contributed by atoms with E-state index in [-0.39, 0.29) is 12.1 Å². The Morgan fingerprint density at radius 1 is 1.11 bits per heavy atom. The van der Waals surface area contributed by atoms with Crippen molar-refractivity contribution in [1.29, 1.82) is 0 Å². The summed E-state index contributed by atoms with van der Waals surface area (Å²) in [5.74, 6) is 2.90. The molecule has 3 aromatic rings. The molecule has 1 aliphatic carbocycles. The quantitative estimate of drug-likeness (QED) is 0.390. The molecule has 2 aliphatic rings. The number of benzene rings is 2. The molecule has 2 fully saturated rings. The molecule has 1 aromatic heterocycles. The molecule has 1 saturated carbocycles. The van der Waals surface area contributed by atoms with Crippen LogP contribution >= 0.6 is 0 Å². The molecule has 9 nitrogen and oxygen atoms in total. The normalized spacial score (nSPS) is 19.6. The molecule has 9 heteroatoms. The summed E-state index contributed by atoms with van der Waals surface area (Å²) in [6, 6.07) is 13.5. The topological polar surface area (TPSA) is 101 Å². The predicted octanol–water partition coefficient (Wildman–Crippen LogP) is 4.64. The Morgan fingerprint density at radius 3 is 2.68 bits per heavy atom. The van der Waals surface area contributed by atoms with Crippen molar-refractivity contribution in [2.24, 2.45) is 11.8 Å². The standard InChI is InChI=1S/C28H36N6O3/c1-18-16-26(33-27(30-18)29-12-13-34(2)3)37-25-9-8-23(20-6-4-5-7-21(20)25)31-28(35)32-24-17-22(24)19-10-14-36-15-11-19/h4-9,16,19,22,24H,10-15,17H2,1-3H3,(H,29,30,33)(H2,31,32,35). The summed E-state index contributed by atoms with van der Waals surface area (Å²) in [5.41, 5.74) is 1.56. The highest BCUT2D eigenvalue weighted by Crippen LogP contribution is 2.42. The number of aryl methyl sites for hydroxylation is 1. The number of hydrogen-bond donors (Lipinski definition) is 3. The highest BCUT2D eigenvalue weighted by atomic mass is 16.5. The Bertz CT molecular complexity index is 1240. The third kappa shape index (κ3) is 6.47. The zero-order valence-corrected chi connectivity index (χ0v) is 21.8. The van der Waals surface area contributed by atoms with E-state index in [2.05, 4.69) is 30.8 Å². The minimum absolute atomic E-state index is 0.168. The monoisotopic (exact) mass is 504 g/mol. The predicted molar refractivity (Wildman–Crippen MR) is 145 cm³/mol. The Morgan fingerprint density at radius 2 is 1.89 bits per heavy atom. The van der Waals surface area contributed by atoms with E-state index in [1.165, 1.54) is 0 Å². The van der Waals surface area contributed by atoms with Gasteiger partial charge in [-0.1, -0.05) is 24.3 Å². The Kier molecular flexibility index (Phi) is 7.71. The van der Waals surface area contributed by atoms with Crippen LogP contribution in [0.1, 0.15) is 25.0 Å². The molecule has 3 N–H and O–H groups in total. The average Bonchev–Trinajstić information content (AvgIpc) is 3.64. The van der Waals surface area contributed by atoms with Crippen molar-refractivity contribution in [2.75, 3.05) is 51.0 Å². The molecular formula is C28H36N6O3. The van der Waals surface area contributed by atoms with Crippen LogP contribution in [-0.2, 0) is 4.74 Å². The molecule has 1 saturated heterocycles. The SMILES string of the molecule is Cc1cc(Oc2ccc(NC(=O)NC3CC3C3CCOCC3)c3ccccc23)nc(NCCN(C)C)n1. The highest BCUT2D eigenvalue weighted by Gasteiger charge is 2.44. The molecule has 196 valence electrons. The summed E-state index contributed by atoms with van der Waals surface area (Å²) in [4.78, 5) is 23.9. The Balaban J connectivity index is 1.26. The average molecular weight is 505 g/mol. The molecule has 2 amide bonds. The van der Waals surface area contributed by atoms with Gasteiger partial charge in [-0.3, -0.25) is 0 Å². The smallest absolute Gasteiger partial charge is 0.319 e. The van der Waals surface area contributed by atoms with Gasteiger partial charge in [0, 0.05) is 54.9 Å². The fourth-order valence-electron chi connectivity index (χ4n) is 5.02. The first-order valence-electron chi connectivity index (χ1n) is 13.1. The van der Waals surface area contributed by atoms with Gasteiger partial charge in [0.15, 0.2) is 0 Å². The van der Waals surface area contributed by atoms with Crippen LogP contribution in [0, 0.1) is 18.8 Å². The molecule has 2 atom stereocenters. The van der Waals surface area contributed by atoms with Crippen LogP contribution in [0.15, 0.2) is 42.5 Å². The number of carbonyl (C=O) groups excluding carboxylic acids is 1. The molecule has 2 unspecified atom stereocenters.